The fourth-order valence-electron chi connectivity index (χ4n) is 3.04. The molecule has 0 spiro atoms. The lowest BCUT2D eigenvalue weighted by Crippen LogP contribution is -2.26. The molecule has 1 unspecified atom stereocenters. The molecule has 24 heavy (non-hydrogen) atoms. The van der Waals surface area contributed by atoms with Gasteiger partial charge in [0.1, 0.15) is 5.56 Å². The van der Waals surface area contributed by atoms with Crippen molar-refractivity contribution in [2.24, 2.45) is 13.0 Å². The predicted octanol–water partition coefficient (Wildman–Crippen LogP) is 3.37. The minimum absolute atomic E-state index is 0.0872. The normalized spacial score (nSPS) is 13.8. The van der Waals surface area contributed by atoms with E-state index in [2.05, 4.69) is 10.4 Å². The van der Waals surface area contributed by atoms with E-state index in [-0.39, 0.29) is 11.5 Å². The standard InChI is InChI=1S/C18H24FN3O2/c1-11(2)10-18(4,24)13-8-6-7-9-14(13)20-17(23)15-12(3)21-22(5)16(15)19/h6-9,11,24H,10H2,1-5H3,(H,20,23). The summed E-state index contributed by atoms with van der Waals surface area (Å²) in [5.74, 6) is -0.982. The van der Waals surface area contributed by atoms with Gasteiger partial charge in [0.15, 0.2) is 0 Å². The first kappa shape index (κ1) is 18.1. The van der Waals surface area contributed by atoms with Crippen molar-refractivity contribution in [3.8, 4) is 0 Å². The summed E-state index contributed by atoms with van der Waals surface area (Å²) in [7, 11) is 1.44. The van der Waals surface area contributed by atoms with Crippen LogP contribution in [0.2, 0.25) is 0 Å². The van der Waals surface area contributed by atoms with E-state index >= 15 is 0 Å². The molecule has 6 heteroatoms. The third-order valence-electron chi connectivity index (χ3n) is 3.94. The molecule has 2 rings (SSSR count). The van der Waals surface area contributed by atoms with E-state index < -0.39 is 17.5 Å². The van der Waals surface area contributed by atoms with Crippen LogP contribution in [-0.4, -0.2) is 20.8 Å². The Hall–Kier alpha value is -2.21. The van der Waals surface area contributed by atoms with Crippen LogP contribution in [0.4, 0.5) is 10.1 Å². The number of aryl methyl sites for hydroxylation is 2. The Bertz CT molecular complexity index is 751. The number of carbonyl (C=O) groups excluding carboxylic acids is 1. The van der Waals surface area contributed by atoms with E-state index in [4.69, 9.17) is 0 Å². The number of halogens is 1. The third-order valence-corrected chi connectivity index (χ3v) is 3.94. The predicted molar refractivity (Wildman–Crippen MR) is 91.3 cm³/mol. The van der Waals surface area contributed by atoms with Gasteiger partial charge in [-0.15, -0.1) is 0 Å². The molecule has 1 atom stereocenters. The summed E-state index contributed by atoms with van der Waals surface area (Å²) < 4.78 is 15.1. The number of benzene rings is 1. The largest absolute Gasteiger partial charge is 0.385 e. The van der Waals surface area contributed by atoms with Crippen molar-refractivity contribution in [2.45, 2.75) is 39.7 Å². The summed E-state index contributed by atoms with van der Waals surface area (Å²) in [6.07, 6.45) is 0.542. The first-order chi connectivity index (χ1) is 11.1. The van der Waals surface area contributed by atoms with Gasteiger partial charge in [0.2, 0.25) is 5.95 Å². The molecule has 1 aromatic heterocycles. The molecule has 0 radical (unpaired) electrons. The van der Waals surface area contributed by atoms with Gasteiger partial charge >= 0.3 is 0 Å². The molecule has 0 aliphatic heterocycles. The average molecular weight is 333 g/mol. The van der Waals surface area contributed by atoms with Crippen molar-refractivity contribution >= 4 is 11.6 Å². The third kappa shape index (κ3) is 3.64. The summed E-state index contributed by atoms with van der Waals surface area (Å²) in [5.41, 5.74) is 0.208. The number of hydrogen-bond acceptors (Lipinski definition) is 3. The quantitative estimate of drug-likeness (QED) is 0.881. The fourth-order valence-corrected chi connectivity index (χ4v) is 3.04. The second-order valence-corrected chi connectivity index (χ2v) is 6.75. The molecule has 0 aliphatic carbocycles. The van der Waals surface area contributed by atoms with Crippen molar-refractivity contribution < 1.29 is 14.3 Å². The van der Waals surface area contributed by atoms with Crippen LogP contribution in [0, 0.1) is 18.8 Å². The second kappa shape index (κ2) is 6.73. The van der Waals surface area contributed by atoms with Crippen molar-refractivity contribution in [3.63, 3.8) is 0 Å². The molecule has 130 valence electrons. The molecule has 1 heterocycles. The summed E-state index contributed by atoms with van der Waals surface area (Å²) in [6.45, 7) is 7.33. The Labute approximate surface area is 141 Å². The first-order valence-electron chi connectivity index (χ1n) is 7.95. The topological polar surface area (TPSA) is 67.2 Å². The number of nitrogens with one attached hydrogen (secondary N) is 1. The zero-order chi connectivity index (χ0) is 18.1. The lowest BCUT2D eigenvalue weighted by atomic mass is 9.86. The minimum Gasteiger partial charge on any atom is -0.385 e. The van der Waals surface area contributed by atoms with Crippen LogP contribution in [-0.2, 0) is 12.6 Å². The van der Waals surface area contributed by atoms with Crippen LogP contribution in [0.25, 0.3) is 0 Å². The van der Waals surface area contributed by atoms with E-state index in [9.17, 15) is 14.3 Å². The number of anilines is 1. The Morgan fingerprint density at radius 1 is 1.42 bits per heavy atom. The van der Waals surface area contributed by atoms with Crippen molar-refractivity contribution in [2.75, 3.05) is 5.32 Å². The molecule has 0 saturated heterocycles. The van der Waals surface area contributed by atoms with Gasteiger partial charge in [0.05, 0.1) is 11.3 Å². The molecule has 1 amide bonds. The number of amides is 1. The lowest BCUT2D eigenvalue weighted by molar-refractivity contribution is 0.0356. The monoisotopic (exact) mass is 333 g/mol. The summed E-state index contributed by atoms with van der Waals surface area (Å²) >= 11 is 0. The highest BCUT2D eigenvalue weighted by Gasteiger charge is 2.28. The van der Waals surface area contributed by atoms with E-state index in [0.717, 1.165) is 4.68 Å². The summed E-state index contributed by atoms with van der Waals surface area (Å²) in [5, 5.41) is 17.4. The van der Waals surface area contributed by atoms with Crippen molar-refractivity contribution in [3.05, 3.63) is 47.0 Å². The van der Waals surface area contributed by atoms with Gasteiger partial charge < -0.3 is 10.4 Å². The van der Waals surface area contributed by atoms with Crippen LogP contribution in [0.5, 0.6) is 0 Å². The van der Waals surface area contributed by atoms with Gasteiger partial charge in [-0.3, -0.25) is 4.79 Å². The smallest absolute Gasteiger partial charge is 0.262 e. The Kier molecular flexibility index (Phi) is 5.08. The van der Waals surface area contributed by atoms with Gasteiger partial charge in [-0.25, -0.2) is 4.68 Å². The van der Waals surface area contributed by atoms with E-state index in [0.29, 0.717) is 23.4 Å². The van der Waals surface area contributed by atoms with Gasteiger partial charge in [0, 0.05) is 18.3 Å². The summed E-state index contributed by atoms with van der Waals surface area (Å²) in [6, 6.07) is 7.03. The highest BCUT2D eigenvalue weighted by molar-refractivity contribution is 6.05. The van der Waals surface area contributed by atoms with Crippen LogP contribution in [0.15, 0.2) is 24.3 Å². The zero-order valence-electron chi connectivity index (χ0n) is 14.7. The maximum atomic E-state index is 14.1. The Morgan fingerprint density at radius 2 is 2.04 bits per heavy atom. The van der Waals surface area contributed by atoms with Gasteiger partial charge in [-0.05, 0) is 32.3 Å². The molecule has 5 nitrogen and oxygen atoms in total. The maximum absolute atomic E-state index is 14.1. The molecule has 0 bridgehead atoms. The molecule has 0 saturated carbocycles. The van der Waals surface area contributed by atoms with E-state index in [1.165, 1.54) is 7.05 Å². The highest BCUT2D eigenvalue weighted by Crippen LogP contribution is 2.33. The Morgan fingerprint density at radius 3 is 2.58 bits per heavy atom. The number of nitrogens with zero attached hydrogens (tertiary/aromatic N) is 2. The van der Waals surface area contributed by atoms with Crippen LogP contribution >= 0.6 is 0 Å². The van der Waals surface area contributed by atoms with Gasteiger partial charge in [-0.1, -0.05) is 32.0 Å². The summed E-state index contributed by atoms with van der Waals surface area (Å²) in [4.78, 5) is 12.5. The van der Waals surface area contributed by atoms with Crippen LogP contribution in [0.3, 0.4) is 0 Å². The van der Waals surface area contributed by atoms with E-state index in [1.807, 2.05) is 13.8 Å². The number of rotatable bonds is 5. The van der Waals surface area contributed by atoms with Crippen molar-refractivity contribution in [1.29, 1.82) is 0 Å². The Balaban J connectivity index is 2.36. The molecule has 0 fully saturated rings. The molecular weight excluding hydrogens is 309 g/mol. The molecule has 1 aromatic carbocycles. The SMILES string of the molecule is Cc1nn(C)c(F)c1C(=O)Nc1ccccc1C(C)(O)CC(C)C. The van der Waals surface area contributed by atoms with Crippen molar-refractivity contribution in [1.82, 2.24) is 9.78 Å². The maximum Gasteiger partial charge on any atom is 0.262 e. The van der Waals surface area contributed by atoms with Crippen LogP contribution < -0.4 is 5.32 Å². The first-order valence-corrected chi connectivity index (χ1v) is 7.95. The zero-order valence-corrected chi connectivity index (χ0v) is 14.7. The van der Waals surface area contributed by atoms with Crippen LogP contribution in [0.1, 0.15) is 48.8 Å². The lowest BCUT2D eigenvalue weighted by Gasteiger charge is -2.28. The number of hydrogen-bond donors (Lipinski definition) is 2. The number of aliphatic hydroxyl groups is 1. The van der Waals surface area contributed by atoms with Gasteiger partial charge in [-0.2, -0.15) is 9.49 Å². The molecule has 0 aliphatic rings. The number of carbonyl (C=O) groups is 1. The van der Waals surface area contributed by atoms with Gasteiger partial charge in [0.25, 0.3) is 5.91 Å². The fraction of sp³-hybridized carbons (Fsp3) is 0.444. The average Bonchev–Trinajstić information content (AvgIpc) is 2.71. The molecule has 2 N–H and O–H groups in total. The number of aromatic nitrogens is 2. The minimum atomic E-state index is -1.10. The highest BCUT2D eigenvalue weighted by atomic mass is 19.1. The second-order valence-electron chi connectivity index (χ2n) is 6.75. The number of para-hydroxylation sites is 1. The molecule has 2 aromatic rings. The molecular formula is C18H24FN3O2. The van der Waals surface area contributed by atoms with E-state index in [1.54, 1.807) is 38.1 Å².